The van der Waals surface area contributed by atoms with Gasteiger partial charge in [-0.1, -0.05) is 11.6 Å². The van der Waals surface area contributed by atoms with E-state index in [1.54, 1.807) is 24.6 Å². The van der Waals surface area contributed by atoms with Crippen molar-refractivity contribution in [3.05, 3.63) is 61.6 Å². The third kappa shape index (κ3) is 4.19. The Hall–Kier alpha value is -2.31. The summed E-state index contributed by atoms with van der Waals surface area (Å²) in [6.07, 6.45) is 2.41. The van der Waals surface area contributed by atoms with Crippen LogP contribution in [0.2, 0.25) is 5.02 Å². The number of nitrogens with zero attached hydrogens (tertiary/aromatic N) is 1. The number of Topliss-reactive ketones (excluding diaryl/α,β-unsaturated/α-hetero) is 1. The van der Waals surface area contributed by atoms with Gasteiger partial charge < -0.3 is 0 Å². The summed E-state index contributed by atoms with van der Waals surface area (Å²) in [7, 11) is 0. The predicted molar refractivity (Wildman–Crippen MR) is 113 cm³/mol. The topological polar surface area (TPSA) is 54.5 Å². The van der Waals surface area contributed by atoms with E-state index in [0.29, 0.717) is 35.1 Å². The van der Waals surface area contributed by atoms with E-state index >= 15 is 0 Å². The van der Waals surface area contributed by atoms with E-state index in [1.165, 1.54) is 24.3 Å². The Labute approximate surface area is 178 Å². The van der Waals surface area contributed by atoms with E-state index in [4.69, 9.17) is 11.6 Å². The molecule has 2 amide bonds. The lowest BCUT2D eigenvalue weighted by Gasteiger charge is -2.26. The van der Waals surface area contributed by atoms with Gasteiger partial charge >= 0.3 is 0 Å². The van der Waals surface area contributed by atoms with Crippen LogP contribution in [-0.4, -0.2) is 17.6 Å². The van der Waals surface area contributed by atoms with Crippen LogP contribution in [0.5, 0.6) is 0 Å². The molecule has 1 aromatic carbocycles. The van der Waals surface area contributed by atoms with Crippen molar-refractivity contribution in [1.82, 2.24) is 0 Å². The number of imide groups is 1. The van der Waals surface area contributed by atoms with Gasteiger partial charge in [-0.2, -0.15) is 11.3 Å². The summed E-state index contributed by atoms with van der Waals surface area (Å²) in [6.45, 7) is 4.85. The van der Waals surface area contributed by atoms with Crippen molar-refractivity contribution in [1.29, 1.82) is 0 Å². The van der Waals surface area contributed by atoms with Gasteiger partial charge in [-0.3, -0.25) is 14.4 Å². The molecule has 1 heterocycles. The molecule has 0 spiro atoms. The number of carbonyl (C=O) groups is 3. The van der Waals surface area contributed by atoms with E-state index < -0.39 is 17.6 Å². The van der Waals surface area contributed by atoms with E-state index in [9.17, 15) is 18.8 Å². The van der Waals surface area contributed by atoms with Crippen LogP contribution in [0.15, 0.2) is 34.0 Å². The second kappa shape index (κ2) is 8.59. The summed E-state index contributed by atoms with van der Waals surface area (Å²) < 4.78 is 14.9. The summed E-state index contributed by atoms with van der Waals surface area (Å²) in [6, 6.07) is 2.49. The molecular formula is C22H21ClFNO3S. The molecule has 1 aliphatic rings. The first-order valence-corrected chi connectivity index (χ1v) is 10.6. The van der Waals surface area contributed by atoms with Gasteiger partial charge in [-0.05, 0) is 75.1 Å². The lowest BCUT2D eigenvalue weighted by atomic mass is 9.88. The molecule has 2 aromatic rings. The van der Waals surface area contributed by atoms with E-state index in [0.717, 1.165) is 23.8 Å². The van der Waals surface area contributed by atoms with Gasteiger partial charge in [0.05, 0.1) is 11.3 Å². The van der Waals surface area contributed by atoms with Gasteiger partial charge in [0.1, 0.15) is 5.82 Å². The molecule has 0 radical (unpaired) electrons. The van der Waals surface area contributed by atoms with Crippen molar-refractivity contribution >= 4 is 46.2 Å². The zero-order valence-corrected chi connectivity index (χ0v) is 18.0. The van der Waals surface area contributed by atoms with Crippen LogP contribution in [-0.2, 0) is 9.59 Å². The maximum atomic E-state index is 14.9. The van der Waals surface area contributed by atoms with Crippen molar-refractivity contribution < 1.29 is 18.8 Å². The Morgan fingerprint density at radius 3 is 2.24 bits per heavy atom. The van der Waals surface area contributed by atoms with Crippen LogP contribution in [0.25, 0.3) is 0 Å². The summed E-state index contributed by atoms with van der Waals surface area (Å²) >= 11 is 7.34. The normalized spacial score (nSPS) is 14.1. The maximum absolute atomic E-state index is 14.9. The number of ketones is 1. The number of amides is 2. The van der Waals surface area contributed by atoms with Crippen molar-refractivity contribution in [3.8, 4) is 0 Å². The number of carbonyl (C=O) groups excluding carboxylic acids is 3. The number of rotatable bonds is 4. The molecule has 0 aliphatic heterocycles. The SMILES string of the molecule is CC(=O)C1=C(C(=O)N(C(=O)c2cscc2C)c2cc(C)c(Cl)cc2F)CCCC1. The Kier molecular flexibility index (Phi) is 6.34. The van der Waals surface area contributed by atoms with Gasteiger partial charge in [0, 0.05) is 21.5 Å². The number of hydrogen-bond acceptors (Lipinski definition) is 4. The summed E-state index contributed by atoms with van der Waals surface area (Å²) in [5.41, 5.74) is 2.13. The van der Waals surface area contributed by atoms with Crippen LogP contribution in [0.1, 0.15) is 54.1 Å². The molecule has 0 fully saturated rings. The quantitative estimate of drug-likeness (QED) is 0.573. The number of halogens is 2. The molecule has 1 aliphatic carbocycles. The average Bonchev–Trinajstić information content (AvgIpc) is 3.11. The molecular weight excluding hydrogens is 413 g/mol. The fourth-order valence-electron chi connectivity index (χ4n) is 3.49. The summed E-state index contributed by atoms with van der Waals surface area (Å²) in [5.74, 6) is -2.22. The molecule has 1 aromatic heterocycles. The van der Waals surface area contributed by atoms with Crippen LogP contribution < -0.4 is 4.90 Å². The third-order valence-corrected chi connectivity index (χ3v) is 6.38. The lowest BCUT2D eigenvalue weighted by molar-refractivity contribution is -0.117. The van der Waals surface area contributed by atoms with Gasteiger partial charge in [0.25, 0.3) is 11.8 Å². The average molecular weight is 434 g/mol. The first kappa shape index (κ1) is 21.4. The van der Waals surface area contributed by atoms with Gasteiger partial charge in [0.2, 0.25) is 0 Å². The molecule has 0 atom stereocenters. The summed E-state index contributed by atoms with van der Waals surface area (Å²) in [5, 5.41) is 3.64. The molecule has 29 heavy (non-hydrogen) atoms. The molecule has 7 heteroatoms. The smallest absolute Gasteiger partial charge is 0.266 e. The zero-order chi connectivity index (χ0) is 21.3. The van der Waals surface area contributed by atoms with Crippen LogP contribution >= 0.6 is 22.9 Å². The number of benzene rings is 1. The molecule has 0 saturated heterocycles. The Balaban J connectivity index is 2.20. The maximum Gasteiger partial charge on any atom is 0.266 e. The summed E-state index contributed by atoms with van der Waals surface area (Å²) in [4.78, 5) is 39.8. The van der Waals surface area contributed by atoms with E-state index in [2.05, 4.69) is 0 Å². The largest absolute Gasteiger partial charge is 0.295 e. The minimum atomic E-state index is -0.768. The zero-order valence-electron chi connectivity index (χ0n) is 16.5. The van der Waals surface area contributed by atoms with Gasteiger partial charge in [-0.15, -0.1) is 0 Å². The van der Waals surface area contributed by atoms with Crippen molar-refractivity contribution in [2.75, 3.05) is 4.90 Å². The lowest BCUT2D eigenvalue weighted by Crippen LogP contribution is -2.40. The number of anilines is 1. The molecule has 4 nitrogen and oxygen atoms in total. The molecule has 0 saturated carbocycles. The van der Waals surface area contributed by atoms with Crippen LogP contribution in [0, 0.1) is 19.7 Å². The number of thiophene rings is 1. The highest BCUT2D eigenvalue weighted by molar-refractivity contribution is 7.08. The highest BCUT2D eigenvalue weighted by atomic mass is 35.5. The number of hydrogen-bond donors (Lipinski definition) is 0. The Bertz CT molecular complexity index is 1040. The fourth-order valence-corrected chi connectivity index (χ4v) is 4.46. The van der Waals surface area contributed by atoms with Crippen LogP contribution in [0.4, 0.5) is 10.1 Å². The molecule has 3 rings (SSSR count). The predicted octanol–water partition coefficient (Wildman–Crippen LogP) is 5.79. The second-order valence-electron chi connectivity index (χ2n) is 7.19. The number of allylic oxidation sites excluding steroid dienone is 1. The van der Waals surface area contributed by atoms with Crippen LogP contribution in [0.3, 0.4) is 0 Å². The Morgan fingerprint density at radius 1 is 1.00 bits per heavy atom. The Morgan fingerprint density at radius 2 is 1.66 bits per heavy atom. The third-order valence-electron chi connectivity index (χ3n) is 5.11. The van der Waals surface area contributed by atoms with Gasteiger partial charge in [0.15, 0.2) is 5.78 Å². The van der Waals surface area contributed by atoms with E-state index in [1.807, 2.05) is 0 Å². The van der Waals surface area contributed by atoms with E-state index in [-0.39, 0.29) is 22.1 Å². The fraction of sp³-hybridized carbons (Fsp3) is 0.318. The molecule has 0 bridgehead atoms. The molecule has 0 N–H and O–H groups in total. The van der Waals surface area contributed by atoms with Gasteiger partial charge in [-0.25, -0.2) is 9.29 Å². The minimum absolute atomic E-state index is 0.159. The molecule has 152 valence electrons. The minimum Gasteiger partial charge on any atom is -0.295 e. The first-order valence-electron chi connectivity index (χ1n) is 9.32. The van der Waals surface area contributed by atoms with Crippen molar-refractivity contribution in [2.24, 2.45) is 0 Å². The number of aryl methyl sites for hydroxylation is 2. The second-order valence-corrected chi connectivity index (χ2v) is 8.34. The highest BCUT2D eigenvalue weighted by Crippen LogP contribution is 2.33. The first-order chi connectivity index (χ1) is 13.7. The standard InChI is InChI=1S/C22H21ClFNO3S/c1-12-8-20(19(24)9-18(12)23)25(22(28)17-11-29-10-13(17)2)21(27)16-7-5-4-6-15(16)14(3)26/h8-11H,4-7H2,1-3H3. The monoisotopic (exact) mass is 433 g/mol. The molecule has 0 unspecified atom stereocenters. The highest BCUT2D eigenvalue weighted by Gasteiger charge is 2.33. The van der Waals surface area contributed by atoms with Crippen molar-refractivity contribution in [3.63, 3.8) is 0 Å². The van der Waals surface area contributed by atoms with Crippen molar-refractivity contribution in [2.45, 2.75) is 46.5 Å².